The molecule has 84 valence electrons. The third-order valence-corrected chi connectivity index (χ3v) is 2.58. The first-order valence-corrected chi connectivity index (χ1v) is 5.44. The molecule has 1 unspecified atom stereocenters. The molecule has 1 heterocycles. The molecule has 2 N–H and O–H groups in total. The number of anilines is 1. The van der Waals surface area contributed by atoms with Crippen molar-refractivity contribution in [1.82, 2.24) is 10.2 Å². The van der Waals surface area contributed by atoms with E-state index in [2.05, 4.69) is 24.0 Å². The highest BCUT2D eigenvalue weighted by atomic mass is 15.3. The molecule has 0 spiro atoms. The van der Waals surface area contributed by atoms with Gasteiger partial charge < -0.3 is 10.6 Å². The monoisotopic (exact) mass is 208 g/mol. The van der Waals surface area contributed by atoms with Crippen LogP contribution in [-0.4, -0.2) is 29.8 Å². The number of nitrogens with two attached hydrogens (primary N) is 1. The zero-order valence-corrected chi connectivity index (χ0v) is 9.77. The van der Waals surface area contributed by atoms with Crippen LogP contribution in [0.2, 0.25) is 0 Å². The Kier molecular flexibility index (Phi) is 4.49. The summed E-state index contributed by atoms with van der Waals surface area (Å²) in [6, 6.07) is 4.33. The number of likely N-dealkylation sites (N-methyl/N-ethyl adjacent to an activating group) is 1. The van der Waals surface area contributed by atoms with Crippen LogP contribution in [0.4, 0.5) is 5.82 Å². The summed E-state index contributed by atoms with van der Waals surface area (Å²) < 4.78 is 0. The van der Waals surface area contributed by atoms with E-state index in [-0.39, 0.29) is 6.04 Å². The molecule has 4 heteroatoms. The second-order valence-electron chi connectivity index (χ2n) is 3.83. The lowest BCUT2D eigenvalue weighted by Gasteiger charge is -2.24. The Morgan fingerprint density at radius 1 is 1.40 bits per heavy atom. The number of hydrogen-bond donors (Lipinski definition) is 1. The van der Waals surface area contributed by atoms with E-state index in [4.69, 9.17) is 5.73 Å². The van der Waals surface area contributed by atoms with E-state index in [1.165, 1.54) is 0 Å². The standard InChI is InChI=1S/C11H20N4/c1-4-5-10-6-7-11(14-13-10)15(3)9(2)8-12/h6-7,9H,4-5,8,12H2,1-3H3. The van der Waals surface area contributed by atoms with Gasteiger partial charge in [0.1, 0.15) is 0 Å². The van der Waals surface area contributed by atoms with Crippen molar-refractivity contribution in [1.29, 1.82) is 0 Å². The lowest BCUT2D eigenvalue weighted by molar-refractivity contribution is 0.679. The van der Waals surface area contributed by atoms with Crippen molar-refractivity contribution < 1.29 is 0 Å². The van der Waals surface area contributed by atoms with E-state index in [0.717, 1.165) is 24.4 Å². The van der Waals surface area contributed by atoms with E-state index in [9.17, 15) is 0 Å². The molecule has 0 aliphatic heterocycles. The molecule has 0 saturated carbocycles. The van der Waals surface area contributed by atoms with Gasteiger partial charge in [0.2, 0.25) is 0 Å². The van der Waals surface area contributed by atoms with Gasteiger partial charge in [-0.1, -0.05) is 13.3 Å². The summed E-state index contributed by atoms with van der Waals surface area (Å²) in [6.07, 6.45) is 2.09. The molecule has 0 saturated heterocycles. The fraction of sp³-hybridized carbons (Fsp3) is 0.636. The minimum Gasteiger partial charge on any atom is -0.354 e. The largest absolute Gasteiger partial charge is 0.354 e. The Morgan fingerprint density at radius 3 is 2.60 bits per heavy atom. The van der Waals surface area contributed by atoms with E-state index < -0.39 is 0 Å². The van der Waals surface area contributed by atoms with Gasteiger partial charge >= 0.3 is 0 Å². The van der Waals surface area contributed by atoms with Crippen LogP contribution in [0.1, 0.15) is 26.0 Å². The SMILES string of the molecule is CCCc1ccc(N(C)C(C)CN)nn1. The number of nitrogens with zero attached hydrogens (tertiary/aromatic N) is 3. The summed E-state index contributed by atoms with van der Waals surface area (Å²) in [4.78, 5) is 2.04. The fourth-order valence-electron chi connectivity index (χ4n) is 1.31. The van der Waals surface area contributed by atoms with Crippen molar-refractivity contribution in [2.75, 3.05) is 18.5 Å². The first kappa shape index (κ1) is 11.9. The van der Waals surface area contributed by atoms with Crippen molar-refractivity contribution in [2.24, 2.45) is 5.73 Å². The maximum Gasteiger partial charge on any atom is 0.151 e. The number of aromatic nitrogens is 2. The molecule has 1 aromatic heterocycles. The fourth-order valence-corrected chi connectivity index (χ4v) is 1.31. The van der Waals surface area contributed by atoms with Crippen molar-refractivity contribution in [2.45, 2.75) is 32.7 Å². The second kappa shape index (κ2) is 5.66. The molecule has 1 atom stereocenters. The molecule has 15 heavy (non-hydrogen) atoms. The van der Waals surface area contributed by atoms with E-state index in [1.54, 1.807) is 0 Å². The summed E-state index contributed by atoms with van der Waals surface area (Å²) >= 11 is 0. The van der Waals surface area contributed by atoms with Crippen molar-refractivity contribution >= 4 is 5.82 Å². The third kappa shape index (κ3) is 3.16. The quantitative estimate of drug-likeness (QED) is 0.790. The highest BCUT2D eigenvalue weighted by molar-refractivity contribution is 5.37. The van der Waals surface area contributed by atoms with Gasteiger partial charge in [0.15, 0.2) is 5.82 Å². The van der Waals surface area contributed by atoms with E-state index >= 15 is 0 Å². The highest BCUT2D eigenvalue weighted by Crippen LogP contribution is 2.10. The van der Waals surface area contributed by atoms with Gasteiger partial charge in [-0.3, -0.25) is 0 Å². The number of aryl methyl sites for hydroxylation is 1. The zero-order valence-electron chi connectivity index (χ0n) is 9.77. The van der Waals surface area contributed by atoms with Crippen LogP contribution in [0.3, 0.4) is 0 Å². The predicted molar refractivity (Wildman–Crippen MR) is 62.9 cm³/mol. The first-order chi connectivity index (χ1) is 7.19. The summed E-state index contributed by atoms with van der Waals surface area (Å²) in [5.41, 5.74) is 6.65. The minimum absolute atomic E-state index is 0.288. The predicted octanol–water partition coefficient (Wildman–Crippen LogP) is 1.21. The van der Waals surface area contributed by atoms with Crippen LogP contribution < -0.4 is 10.6 Å². The van der Waals surface area contributed by atoms with E-state index in [0.29, 0.717) is 6.54 Å². The molecule has 0 radical (unpaired) electrons. The Morgan fingerprint density at radius 2 is 2.13 bits per heavy atom. The Bertz CT molecular complexity index is 283. The molecule has 1 aromatic rings. The van der Waals surface area contributed by atoms with Crippen molar-refractivity contribution in [3.8, 4) is 0 Å². The maximum atomic E-state index is 5.60. The number of rotatable bonds is 5. The van der Waals surface area contributed by atoms with Gasteiger partial charge in [-0.2, -0.15) is 5.10 Å². The van der Waals surface area contributed by atoms with Gasteiger partial charge in [-0.05, 0) is 25.5 Å². The summed E-state index contributed by atoms with van der Waals surface area (Å²) in [5, 5.41) is 8.36. The average Bonchev–Trinajstić information content (AvgIpc) is 2.28. The molecule has 0 fully saturated rings. The molecule has 0 aromatic carbocycles. The summed E-state index contributed by atoms with van der Waals surface area (Å²) in [6.45, 7) is 4.83. The molecular formula is C11H20N4. The topological polar surface area (TPSA) is 55.0 Å². The summed E-state index contributed by atoms with van der Waals surface area (Å²) in [7, 11) is 1.99. The van der Waals surface area contributed by atoms with Gasteiger partial charge in [0.25, 0.3) is 0 Å². The van der Waals surface area contributed by atoms with Gasteiger partial charge in [0.05, 0.1) is 5.69 Å². The molecule has 0 bridgehead atoms. The van der Waals surface area contributed by atoms with Gasteiger partial charge in [-0.25, -0.2) is 0 Å². The number of hydrogen-bond acceptors (Lipinski definition) is 4. The average molecular weight is 208 g/mol. The lowest BCUT2D eigenvalue weighted by atomic mass is 10.2. The molecule has 0 aliphatic carbocycles. The minimum atomic E-state index is 0.288. The van der Waals surface area contributed by atoms with Gasteiger partial charge in [0, 0.05) is 19.6 Å². The second-order valence-corrected chi connectivity index (χ2v) is 3.83. The third-order valence-electron chi connectivity index (χ3n) is 2.58. The smallest absolute Gasteiger partial charge is 0.151 e. The normalized spacial score (nSPS) is 12.5. The highest BCUT2D eigenvalue weighted by Gasteiger charge is 2.09. The van der Waals surface area contributed by atoms with Crippen LogP contribution >= 0.6 is 0 Å². The molecule has 4 nitrogen and oxygen atoms in total. The van der Waals surface area contributed by atoms with Crippen LogP contribution in [-0.2, 0) is 6.42 Å². The van der Waals surface area contributed by atoms with Crippen LogP contribution in [0.25, 0.3) is 0 Å². The Labute approximate surface area is 91.5 Å². The summed E-state index contributed by atoms with van der Waals surface area (Å²) in [5.74, 6) is 0.882. The molecule has 1 rings (SSSR count). The molecular weight excluding hydrogens is 188 g/mol. The first-order valence-electron chi connectivity index (χ1n) is 5.44. The van der Waals surface area contributed by atoms with Crippen molar-refractivity contribution in [3.63, 3.8) is 0 Å². The molecule has 0 aliphatic rings. The van der Waals surface area contributed by atoms with E-state index in [1.807, 2.05) is 24.1 Å². The lowest BCUT2D eigenvalue weighted by Crippen LogP contribution is -2.35. The van der Waals surface area contributed by atoms with Crippen LogP contribution in [0.15, 0.2) is 12.1 Å². The van der Waals surface area contributed by atoms with Crippen LogP contribution in [0, 0.1) is 0 Å². The Hall–Kier alpha value is -1.16. The van der Waals surface area contributed by atoms with Gasteiger partial charge in [-0.15, -0.1) is 5.10 Å². The Balaban J connectivity index is 2.70. The van der Waals surface area contributed by atoms with Crippen molar-refractivity contribution in [3.05, 3.63) is 17.8 Å². The zero-order chi connectivity index (χ0) is 11.3. The molecule has 0 amide bonds. The van der Waals surface area contributed by atoms with Crippen LogP contribution in [0.5, 0.6) is 0 Å². The maximum absolute atomic E-state index is 5.60.